The van der Waals surface area contributed by atoms with Crippen molar-refractivity contribution in [3.8, 4) is 22.3 Å². The molecule has 0 aliphatic carbocycles. The lowest BCUT2D eigenvalue weighted by molar-refractivity contribution is -0.115. The molecule has 12 rings (SSSR count). The minimum atomic E-state index is -4.93. The summed E-state index contributed by atoms with van der Waals surface area (Å²) < 4.78 is 151. The van der Waals surface area contributed by atoms with Gasteiger partial charge in [-0.3, -0.25) is 47.4 Å². The third-order valence-corrected chi connectivity index (χ3v) is 17.7. The molecule has 12 aromatic rings. The summed E-state index contributed by atoms with van der Waals surface area (Å²) in [6, 6.07) is 21.4. The molecule has 0 aliphatic rings. The summed E-state index contributed by atoms with van der Waals surface area (Å²) in [4.78, 5) is 96.2. The van der Waals surface area contributed by atoms with E-state index in [1.165, 1.54) is 86.1 Å². The van der Waals surface area contributed by atoms with Gasteiger partial charge in [-0.05, 0) is 115 Å². The Labute approximate surface area is 533 Å². The monoisotopic (exact) mass is 1340 g/mol. The number of hydrogen-bond donors (Lipinski definition) is 1. The molecule has 6 heterocycles. The number of nitrogens with one attached hydrogen (secondary N) is 1. The smallest absolute Gasteiger partial charge is 0.265 e. The molecule has 21 nitrogen and oxygen atoms in total. The van der Waals surface area contributed by atoms with Crippen LogP contribution in [0.3, 0.4) is 0 Å². The number of hydrogen-bond acceptors (Lipinski definition) is 14. The van der Waals surface area contributed by atoms with Crippen LogP contribution in [0.5, 0.6) is 0 Å². The number of pyridine rings is 2. The van der Waals surface area contributed by atoms with Crippen molar-refractivity contribution in [1.29, 1.82) is 0 Å². The topological polar surface area (TPSA) is 289 Å². The molecular formula is C65H45F7N10O11S2. The van der Waals surface area contributed by atoms with Crippen LogP contribution in [0.2, 0.25) is 0 Å². The molecule has 0 saturated carbocycles. The van der Waals surface area contributed by atoms with Crippen LogP contribution in [0, 0.1) is 47.6 Å². The fourth-order valence-corrected chi connectivity index (χ4v) is 12.8. The number of fused-ring (bicyclic) bond motifs is 4. The molecule has 482 valence electrons. The quantitative estimate of drug-likeness (QED) is 0.0879. The van der Waals surface area contributed by atoms with Crippen molar-refractivity contribution in [2.75, 3.05) is 9.03 Å². The summed E-state index contributed by atoms with van der Waals surface area (Å²) in [6.45, 7) is 7.70. The first-order valence-electron chi connectivity index (χ1n) is 27.6. The zero-order valence-electron chi connectivity index (χ0n) is 49.9. The minimum absolute atomic E-state index is 0. The van der Waals surface area contributed by atoms with Gasteiger partial charge in [0, 0.05) is 92.1 Å². The molecule has 0 spiro atoms. The highest BCUT2D eigenvalue weighted by atomic mass is 32.2. The van der Waals surface area contributed by atoms with E-state index in [1.54, 1.807) is 48.0 Å². The molecule has 1 amide bonds. The molecule has 6 aromatic heterocycles. The Kier molecular flexibility index (Phi) is 17.9. The number of aromatic nitrogens is 8. The molecule has 0 radical (unpaired) electrons. The Bertz CT molecular complexity index is 5470. The number of rotatable bonds is 12. The number of ketones is 2. The number of benzene rings is 6. The standard InChI is InChI=1S/C34H24F3N5O5S.C31H19F4N5O5S.H2O/c1-17-5-7-26(35)30(11-17)48(47)42(20(4)45)29-10-8-27(36)31(32(29)37)33(46)25-16-40(18(2)43)34-24(25)13-22(14-38-34)21-6-9-28-23(12-21)15-39-41(28)19(3)44;1-15(41)39-14-22(21-10-18(12-36-31(21)39)17-3-8-26-19(9-17)13-37-40(26)16(2)42)30(43)28-24(34)6-7-25(29(28)35)38-46(44,45)27-11-20(32)4-5-23(27)33;/h5-16H,1-4H3;3-14,38H,1-2H3;1H2. The van der Waals surface area contributed by atoms with Crippen LogP contribution in [0.15, 0.2) is 156 Å². The third kappa shape index (κ3) is 12.2. The van der Waals surface area contributed by atoms with Gasteiger partial charge >= 0.3 is 0 Å². The zero-order valence-corrected chi connectivity index (χ0v) is 51.6. The van der Waals surface area contributed by atoms with Gasteiger partial charge in [0.25, 0.3) is 10.0 Å². The van der Waals surface area contributed by atoms with Crippen LogP contribution in [-0.4, -0.2) is 97.9 Å². The second-order valence-electron chi connectivity index (χ2n) is 21.1. The van der Waals surface area contributed by atoms with E-state index in [-0.39, 0.29) is 50.5 Å². The van der Waals surface area contributed by atoms with Gasteiger partial charge in [0.1, 0.15) is 45.3 Å². The van der Waals surface area contributed by atoms with Crippen molar-refractivity contribution in [2.45, 2.75) is 51.3 Å². The van der Waals surface area contributed by atoms with Crippen molar-refractivity contribution in [3.05, 3.63) is 215 Å². The van der Waals surface area contributed by atoms with Gasteiger partial charge in [-0.1, -0.05) is 18.2 Å². The fourth-order valence-electron chi connectivity index (χ4n) is 10.4. The number of sulfonamides is 1. The van der Waals surface area contributed by atoms with Crippen LogP contribution in [0.4, 0.5) is 42.1 Å². The highest BCUT2D eigenvalue weighted by Crippen LogP contribution is 2.37. The van der Waals surface area contributed by atoms with Crippen LogP contribution >= 0.6 is 0 Å². The maximum Gasteiger partial charge on any atom is 0.265 e. The SMILES string of the molecule is CC(=O)N(c1ccc(F)c(C(=O)c2cn(C(C)=O)c3ncc(-c4ccc5c(cnn5C(C)=O)c4)cc23)c1F)S(=O)c1cc(C)ccc1F.CC(=O)n1cc(C(=O)c2c(F)ccc(NS(=O)(=O)c3cc(F)ccc3F)c2F)c2cc(-c3ccc4c(cnn4C(C)=O)c3)cnc21.O. The lowest BCUT2D eigenvalue weighted by Gasteiger charge is -2.22. The molecular weight excluding hydrogens is 1290 g/mol. The Hall–Kier alpha value is -11.5. The van der Waals surface area contributed by atoms with Gasteiger partial charge in [-0.2, -0.15) is 10.2 Å². The summed E-state index contributed by atoms with van der Waals surface area (Å²) in [5.41, 5.74) is -0.742. The van der Waals surface area contributed by atoms with E-state index in [0.717, 1.165) is 46.7 Å². The Morgan fingerprint density at radius 2 is 0.989 bits per heavy atom. The Morgan fingerprint density at radius 3 is 1.47 bits per heavy atom. The number of halogens is 7. The number of aryl methyl sites for hydroxylation is 1. The molecule has 0 fully saturated rings. The molecule has 3 N–H and O–H groups in total. The lowest BCUT2D eigenvalue weighted by atomic mass is 9.99. The van der Waals surface area contributed by atoms with Crippen molar-refractivity contribution < 1.29 is 82.4 Å². The van der Waals surface area contributed by atoms with Crippen LogP contribution in [0.25, 0.3) is 66.1 Å². The van der Waals surface area contributed by atoms with E-state index in [0.29, 0.717) is 84.3 Å². The average molecular weight is 1340 g/mol. The second kappa shape index (κ2) is 25.5. The highest BCUT2D eigenvalue weighted by molar-refractivity contribution is 7.92. The summed E-state index contributed by atoms with van der Waals surface area (Å²) >= 11 is 0. The van der Waals surface area contributed by atoms with Crippen molar-refractivity contribution in [3.63, 3.8) is 0 Å². The summed E-state index contributed by atoms with van der Waals surface area (Å²) in [7, 11) is -7.54. The predicted octanol–water partition coefficient (Wildman–Crippen LogP) is 11.5. The van der Waals surface area contributed by atoms with Gasteiger partial charge in [-0.15, -0.1) is 0 Å². The number of carbonyl (C=O) groups is 7. The molecule has 95 heavy (non-hydrogen) atoms. The van der Waals surface area contributed by atoms with Gasteiger partial charge in [0.15, 0.2) is 22.6 Å². The Morgan fingerprint density at radius 1 is 0.516 bits per heavy atom. The lowest BCUT2D eigenvalue weighted by Crippen LogP contribution is -2.32. The molecule has 1 atom stereocenters. The van der Waals surface area contributed by atoms with Gasteiger partial charge in [-0.25, -0.2) is 67.0 Å². The summed E-state index contributed by atoms with van der Waals surface area (Å²) in [6.07, 6.45) is 8.05. The van der Waals surface area contributed by atoms with Crippen LogP contribution < -0.4 is 9.03 Å². The first kappa shape index (κ1) is 66.4. The molecule has 0 aliphatic heterocycles. The first-order valence-corrected chi connectivity index (χ1v) is 30.2. The van der Waals surface area contributed by atoms with Crippen molar-refractivity contribution in [2.24, 2.45) is 0 Å². The molecule has 1 unspecified atom stereocenters. The van der Waals surface area contributed by atoms with Gasteiger partial charge in [0.05, 0.1) is 62.0 Å². The summed E-state index contributed by atoms with van der Waals surface area (Å²) in [5.74, 6) is -14.2. The maximum atomic E-state index is 16.2. The Balaban J connectivity index is 0.000000205. The van der Waals surface area contributed by atoms with E-state index in [2.05, 4.69) is 20.2 Å². The van der Waals surface area contributed by atoms with Crippen molar-refractivity contribution >= 4 is 117 Å². The van der Waals surface area contributed by atoms with Gasteiger partial charge in [0.2, 0.25) is 41.1 Å². The van der Waals surface area contributed by atoms with Crippen LogP contribution in [-0.2, 0) is 25.8 Å². The van der Waals surface area contributed by atoms with E-state index >= 15 is 17.6 Å². The van der Waals surface area contributed by atoms with E-state index in [4.69, 9.17) is 0 Å². The molecule has 0 saturated heterocycles. The average Bonchev–Trinajstić information content (AvgIpc) is 1.67. The highest BCUT2D eigenvalue weighted by Gasteiger charge is 2.34. The fraction of sp³-hybridized carbons (Fsp3) is 0.0923. The van der Waals surface area contributed by atoms with Gasteiger partial charge < -0.3 is 5.48 Å². The van der Waals surface area contributed by atoms with E-state index in [1.807, 2.05) is 0 Å². The largest absolute Gasteiger partial charge is 0.412 e. The van der Waals surface area contributed by atoms with Crippen LogP contribution in [0.1, 0.15) is 91.2 Å². The predicted molar refractivity (Wildman–Crippen MR) is 333 cm³/mol. The van der Waals surface area contributed by atoms with E-state index in [9.17, 15) is 59.4 Å². The number of nitrogens with zero attached hydrogens (tertiary/aromatic N) is 9. The normalized spacial score (nSPS) is 11.7. The third-order valence-electron chi connectivity index (χ3n) is 14.8. The first-order chi connectivity index (χ1) is 44.5. The molecule has 0 bridgehead atoms. The zero-order chi connectivity index (χ0) is 67.7. The van der Waals surface area contributed by atoms with Crippen molar-refractivity contribution in [1.82, 2.24) is 38.7 Å². The number of carbonyl (C=O) groups excluding carboxylic acids is 7. The number of anilines is 2. The second-order valence-corrected chi connectivity index (χ2v) is 24.1. The number of amides is 1. The minimum Gasteiger partial charge on any atom is -0.412 e. The maximum absolute atomic E-state index is 16.2. The molecule has 6 aromatic carbocycles. The summed E-state index contributed by atoms with van der Waals surface area (Å²) in [5, 5.41) is 9.54. The van der Waals surface area contributed by atoms with E-state index < -0.39 is 123 Å². The molecule has 30 heteroatoms.